The van der Waals surface area contributed by atoms with Crippen molar-refractivity contribution in [1.29, 1.82) is 0 Å². The first-order valence-electron chi connectivity index (χ1n) is 5.68. The number of hydrogen-bond donors (Lipinski definition) is 1. The summed E-state index contributed by atoms with van der Waals surface area (Å²) in [6, 6.07) is 11.1. The SMILES string of the molecule is C1COC1.O=C(O)c1ccc2ccccc2c1Br. The molecule has 1 N–H and O–H groups in total. The standard InChI is InChI=1S/C11H7BrO2.C3H6O/c12-10-8-4-2-1-3-7(8)5-6-9(10)11(13)14;1-2-4-3-1/h1-6H,(H,13,14);1-3H2. The fourth-order valence-electron chi connectivity index (χ4n) is 1.54. The Balaban J connectivity index is 0.000000256. The van der Waals surface area contributed by atoms with Gasteiger partial charge in [0.1, 0.15) is 0 Å². The first-order chi connectivity index (χ1) is 8.70. The van der Waals surface area contributed by atoms with E-state index in [0.717, 1.165) is 24.0 Å². The van der Waals surface area contributed by atoms with Crippen molar-refractivity contribution in [1.82, 2.24) is 0 Å². The van der Waals surface area contributed by atoms with Gasteiger partial charge in [0, 0.05) is 17.7 Å². The van der Waals surface area contributed by atoms with Crippen molar-refractivity contribution in [2.75, 3.05) is 13.2 Å². The van der Waals surface area contributed by atoms with Gasteiger partial charge >= 0.3 is 5.97 Å². The molecule has 0 atom stereocenters. The normalized spacial score (nSPS) is 13.4. The minimum absolute atomic E-state index is 0.295. The molecular formula is C14H13BrO3. The van der Waals surface area contributed by atoms with Crippen LogP contribution < -0.4 is 0 Å². The Morgan fingerprint density at radius 1 is 1.17 bits per heavy atom. The number of fused-ring (bicyclic) bond motifs is 1. The van der Waals surface area contributed by atoms with E-state index in [1.807, 2.05) is 30.3 Å². The van der Waals surface area contributed by atoms with Gasteiger partial charge in [0.05, 0.1) is 5.56 Å². The fraction of sp³-hybridized carbons (Fsp3) is 0.214. The van der Waals surface area contributed by atoms with Gasteiger partial charge in [-0.25, -0.2) is 4.79 Å². The highest BCUT2D eigenvalue weighted by Gasteiger charge is 2.09. The molecule has 0 saturated carbocycles. The van der Waals surface area contributed by atoms with Crippen LogP contribution in [0.2, 0.25) is 0 Å². The van der Waals surface area contributed by atoms with E-state index in [1.54, 1.807) is 6.07 Å². The summed E-state index contributed by atoms with van der Waals surface area (Å²) in [5, 5.41) is 10.9. The molecule has 1 aliphatic heterocycles. The maximum absolute atomic E-state index is 10.8. The summed E-state index contributed by atoms with van der Waals surface area (Å²) >= 11 is 3.30. The lowest BCUT2D eigenvalue weighted by atomic mass is 10.1. The maximum atomic E-state index is 10.8. The molecule has 2 aromatic carbocycles. The molecule has 1 heterocycles. The van der Waals surface area contributed by atoms with Gasteiger partial charge in [-0.05, 0) is 39.2 Å². The minimum atomic E-state index is -0.914. The van der Waals surface area contributed by atoms with Crippen LogP contribution >= 0.6 is 15.9 Å². The number of aromatic carboxylic acids is 1. The molecule has 3 rings (SSSR count). The molecule has 2 aromatic rings. The van der Waals surface area contributed by atoms with Crippen molar-refractivity contribution in [3.05, 3.63) is 46.4 Å². The molecule has 0 aromatic heterocycles. The summed E-state index contributed by atoms with van der Waals surface area (Å²) in [6.07, 6.45) is 1.28. The Bertz CT molecular complexity index is 558. The molecular weight excluding hydrogens is 296 g/mol. The molecule has 0 bridgehead atoms. The van der Waals surface area contributed by atoms with Crippen LogP contribution in [-0.2, 0) is 4.74 Å². The van der Waals surface area contributed by atoms with Crippen LogP contribution in [0.3, 0.4) is 0 Å². The summed E-state index contributed by atoms with van der Waals surface area (Å²) in [6.45, 7) is 2.00. The number of carboxylic acids is 1. The van der Waals surface area contributed by atoms with Crippen LogP contribution in [0.1, 0.15) is 16.8 Å². The van der Waals surface area contributed by atoms with Gasteiger partial charge in [-0.1, -0.05) is 30.3 Å². The van der Waals surface area contributed by atoms with Crippen molar-refractivity contribution in [3.8, 4) is 0 Å². The summed E-state index contributed by atoms with van der Waals surface area (Å²) in [5.74, 6) is -0.914. The highest BCUT2D eigenvalue weighted by molar-refractivity contribution is 9.10. The van der Waals surface area contributed by atoms with Gasteiger partial charge in [0.2, 0.25) is 0 Å². The second kappa shape index (κ2) is 5.98. The Morgan fingerprint density at radius 3 is 2.33 bits per heavy atom. The van der Waals surface area contributed by atoms with E-state index in [0.29, 0.717) is 10.0 Å². The largest absolute Gasteiger partial charge is 0.478 e. The highest BCUT2D eigenvalue weighted by atomic mass is 79.9. The van der Waals surface area contributed by atoms with E-state index in [2.05, 4.69) is 15.9 Å². The summed E-state index contributed by atoms with van der Waals surface area (Å²) in [5.41, 5.74) is 0.295. The Labute approximate surface area is 114 Å². The molecule has 0 amide bonds. The average molecular weight is 309 g/mol. The topological polar surface area (TPSA) is 46.5 Å². The van der Waals surface area contributed by atoms with E-state index >= 15 is 0 Å². The van der Waals surface area contributed by atoms with Crippen LogP contribution in [0.15, 0.2) is 40.9 Å². The lowest BCUT2D eigenvalue weighted by Gasteiger charge is -2.09. The maximum Gasteiger partial charge on any atom is 0.336 e. The Morgan fingerprint density at radius 2 is 1.78 bits per heavy atom. The van der Waals surface area contributed by atoms with Gasteiger partial charge in [-0.2, -0.15) is 0 Å². The molecule has 1 aliphatic rings. The number of ether oxygens (including phenoxy) is 1. The average Bonchev–Trinajstić information content (AvgIpc) is 2.27. The number of carbonyl (C=O) groups is 1. The predicted octanol–water partition coefficient (Wildman–Crippen LogP) is 3.71. The van der Waals surface area contributed by atoms with E-state index in [1.165, 1.54) is 6.42 Å². The molecule has 4 heteroatoms. The van der Waals surface area contributed by atoms with Crippen LogP contribution in [0, 0.1) is 0 Å². The van der Waals surface area contributed by atoms with Crippen LogP contribution in [0.5, 0.6) is 0 Å². The molecule has 0 aliphatic carbocycles. The van der Waals surface area contributed by atoms with E-state index in [4.69, 9.17) is 9.84 Å². The zero-order chi connectivity index (χ0) is 13.0. The summed E-state index contributed by atoms with van der Waals surface area (Å²) < 4.78 is 5.36. The second-order valence-electron chi connectivity index (χ2n) is 3.92. The lowest BCUT2D eigenvalue weighted by Crippen LogP contribution is -2.09. The molecule has 18 heavy (non-hydrogen) atoms. The van der Waals surface area contributed by atoms with Crippen molar-refractivity contribution in [2.24, 2.45) is 0 Å². The smallest absolute Gasteiger partial charge is 0.336 e. The van der Waals surface area contributed by atoms with Crippen molar-refractivity contribution >= 4 is 32.7 Å². The molecule has 1 saturated heterocycles. The summed E-state index contributed by atoms with van der Waals surface area (Å²) in [7, 11) is 0. The Kier molecular flexibility index (Phi) is 4.33. The zero-order valence-electron chi connectivity index (χ0n) is 9.73. The first-order valence-corrected chi connectivity index (χ1v) is 6.48. The predicted molar refractivity (Wildman–Crippen MR) is 74.0 cm³/mol. The van der Waals surface area contributed by atoms with Crippen LogP contribution in [0.4, 0.5) is 0 Å². The third kappa shape index (κ3) is 2.89. The lowest BCUT2D eigenvalue weighted by molar-refractivity contribution is 0.0367. The van der Waals surface area contributed by atoms with Crippen molar-refractivity contribution < 1.29 is 14.6 Å². The van der Waals surface area contributed by atoms with Gasteiger partial charge < -0.3 is 9.84 Å². The number of rotatable bonds is 1. The fourth-order valence-corrected chi connectivity index (χ4v) is 2.21. The van der Waals surface area contributed by atoms with Crippen molar-refractivity contribution in [3.63, 3.8) is 0 Å². The quantitative estimate of drug-likeness (QED) is 0.873. The number of halogens is 1. The molecule has 94 valence electrons. The van der Waals surface area contributed by atoms with E-state index in [-0.39, 0.29) is 0 Å². The van der Waals surface area contributed by atoms with Crippen LogP contribution in [-0.4, -0.2) is 24.3 Å². The number of hydrogen-bond acceptors (Lipinski definition) is 2. The van der Waals surface area contributed by atoms with Gasteiger partial charge in [-0.3, -0.25) is 0 Å². The Hall–Kier alpha value is -1.39. The van der Waals surface area contributed by atoms with Crippen molar-refractivity contribution in [2.45, 2.75) is 6.42 Å². The molecule has 0 radical (unpaired) electrons. The highest BCUT2D eigenvalue weighted by Crippen LogP contribution is 2.27. The van der Waals surface area contributed by atoms with Crippen LogP contribution in [0.25, 0.3) is 10.8 Å². The molecule has 0 spiro atoms. The third-order valence-corrected chi connectivity index (χ3v) is 3.53. The number of benzene rings is 2. The minimum Gasteiger partial charge on any atom is -0.478 e. The summed E-state index contributed by atoms with van der Waals surface area (Å²) in [4.78, 5) is 10.8. The molecule has 3 nitrogen and oxygen atoms in total. The third-order valence-electron chi connectivity index (χ3n) is 2.67. The van der Waals surface area contributed by atoms with Gasteiger partial charge in [0.25, 0.3) is 0 Å². The zero-order valence-corrected chi connectivity index (χ0v) is 11.3. The van der Waals surface area contributed by atoms with E-state index in [9.17, 15) is 4.79 Å². The second-order valence-corrected chi connectivity index (χ2v) is 4.71. The first kappa shape index (κ1) is 13.1. The monoisotopic (exact) mass is 308 g/mol. The van der Waals surface area contributed by atoms with Gasteiger partial charge in [0.15, 0.2) is 0 Å². The number of carboxylic acid groups (broad SMARTS) is 1. The van der Waals surface area contributed by atoms with Gasteiger partial charge in [-0.15, -0.1) is 0 Å². The molecule has 0 unspecified atom stereocenters. The van der Waals surface area contributed by atoms with E-state index < -0.39 is 5.97 Å². The molecule has 1 fully saturated rings.